The van der Waals surface area contributed by atoms with Crippen LogP contribution in [0.15, 0.2) is 60.9 Å². The molecule has 31 heavy (non-hydrogen) atoms. The second kappa shape index (κ2) is 9.60. The molecule has 3 rings (SSSR count). The molecule has 2 aromatic carbocycles. The highest BCUT2D eigenvalue weighted by molar-refractivity contribution is 5.81. The quantitative estimate of drug-likeness (QED) is 0.294. The minimum absolute atomic E-state index is 0.0944. The highest BCUT2D eigenvalue weighted by Crippen LogP contribution is 2.28. The summed E-state index contributed by atoms with van der Waals surface area (Å²) < 4.78 is 0. The molecule has 0 saturated carbocycles. The van der Waals surface area contributed by atoms with E-state index in [0.29, 0.717) is 11.3 Å². The Kier molecular flexibility index (Phi) is 6.47. The number of para-hydroxylation sites is 1. The zero-order chi connectivity index (χ0) is 22.2. The smallest absolute Gasteiger partial charge is 0.299 e. The van der Waals surface area contributed by atoms with E-state index in [1.54, 1.807) is 24.3 Å². The third-order valence-electron chi connectivity index (χ3n) is 3.94. The molecular weight excluding hydrogens is 408 g/mol. The number of nitro benzene ring substituents is 1. The molecule has 13 nitrogen and oxygen atoms in total. The molecule has 0 fully saturated rings. The van der Waals surface area contributed by atoms with Crippen LogP contribution in [0.5, 0.6) is 0 Å². The number of nitro groups is 2. The Morgan fingerprint density at radius 1 is 0.839 bits per heavy atom. The maximum absolute atomic E-state index is 12.1. The first-order chi connectivity index (χ1) is 14.9. The van der Waals surface area contributed by atoms with Gasteiger partial charge in [0.25, 0.3) is 5.69 Å². The van der Waals surface area contributed by atoms with Gasteiger partial charge < -0.3 is 0 Å². The Morgan fingerprint density at radius 2 is 1.48 bits per heavy atom. The number of aromatic nitrogens is 2. The van der Waals surface area contributed by atoms with Gasteiger partial charge in [-0.2, -0.15) is 0 Å². The van der Waals surface area contributed by atoms with Gasteiger partial charge in [-0.05, 0) is 17.7 Å². The van der Waals surface area contributed by atoms with E-state index in [9.17, 15) is 25.0 Å². The van der Waals surface area contributed by atoms with Crippen LogP contribution in [-0.2, 0) is 11.2 Å². The molecule has 0 aliphatic carbocycles. The first-order valence-electron chi connectivity index (χ1n) is 8.78. The van der Waals surface area contributed by atoms with Crippen LogP contribution < -0.4 is 21.7 Å². The minimum Gasteiger partial charge on any atom is -0.299 e. The number of carbonyl (C=O) groups is 1. The molecule has 1 heterocycles. The first-order valence-corrected chi connectivity index (χ1v) is 8.78. The average molecular weight is 424 g/mol. The normalized spacial score (nSPS) is 10.1. The number of benzene rings is 2. The number of anilines is 3. The fraction of sp³-hybridized carbons (Fsp3) is 0.0556. The van der Waals surface area contributed by atoms with E-state index in [-0.39, 0.29) is 23.7 Å². The number of carbonyl (C=O) groups excluding carboxylic acids is 1. The summed E-state index contributed by atoms with van der Waals surface area (Å²) in [4.78, 5) is 40.8. The summed E-state index contributed by atoms with van der Waals surface area (Å²) in [7, 11) is 0. The van der Waals surface area contributed by atoms with Gasteiger partial charge in [-0.3, -0.25) is 46.7 Å². The van der Waals surface area contributed by atoms with Crippen molar-refractivity contribution in [3.8, 4) is 0 Å². The number of rotatable bonds is 9. The summed E-state index contributed by atoms with van der Waals surface area (Å²) in [6.45, 7) is 0. The van der Waals surface area contributed by atoms with Crippen LogP contribution in [-0.4, -0.2) is 25.7 Å². The van der Waals surface area contributed by atoms with Crippen molar-refractivity contribution < 1.29 is 14.6 Å². The zero-order valence-corrected chi connectivity index (χ0v) is 15.8. The predicted molar refractivity (Wildman–Crippen MR) is 111 cm³/mol. The third-order valence-corrected chi connectivity index (χ3v) is 3.94. The van der Waals surface area contributed by atoms with Crippen molar-refractivity contribution in [3.63, 3.8) is 0 Å². The predicted octanol–water partition coefficient (Wildman–Crippen LogP) is 2.42. The van der Waals surface area contributed by atoms with Gasteiger partial charge in [0, 0.05) is 12.1 Å². The third kappa shape index (κ3) is 5.60. The lowest BCUT2D eigenvalue weighted by Crippen LogP contribution is -2.31. The molecule has 0 aliphatic rings. The molecule has 0 spiro atoms. The van der Waals surface area contributed by atoms with E-state index in [4.69, 9.17) is 0 Å². The second-order valence-corrected chi connectivity index (χ2v) is 6.07. The van der Waals surface area contributed by atoms with Crippen molar-refractivity contribution in [3.05, 3.63) is 86.7 Å². The van der Waals surface area contributed by atoms with Crippen LogP contribution >= 0.6 is 0 Å². The second-order valence-electron chi connectivity index (χ2n) is 6.07. The lowest BCUT2D eigenvalue weighted by molar-refractivity contribution is -0.384. The van der Waals surface area contributed by atoms with E-state index in [2.05, 4.69) is 31.7 Å². The Labute approximate surface area is 174 Å². The molecule has 0 radical (unpaired) electrons. The molecule has 0 saturated heterocycles. The van der Waals surface area contributed by atoms with Gasteiger partial charge in [-0.1, -0.05) is 30.3 Å². The Morgan fingerprint density at radius 3 is 2.10 bits per heavy atom. The van der Waals surface area contributed by atoms with E-state index in [1.807, 2.05) is 6.07 Å². The van der Waals surface area contributed by atoms with E-state index in [0.717, 1.165) is 6.33 Å². The fourth-order valence-corrected chi connectivity index (χ4v) is 2.48. The average Bonchev–Trinajstić information content (AvgIpc) is 2.77. The lowest BCUT2D eigenvalue weighted by Gasteiger charge is -2.12. The Balaban J connectivity index is 1.65. The van der Waals surface area contributed by atoms with E-state index >= 15 is 0 Å². The molecule has 158 valence electrons. The summed E-state index contributed by atoms with van der Waals surface area (Å²) in [6, 6.07) is 14.3. The van der Waals surface area contributed by atoms with Crippen LogP contribution in [0.4, 0.5) is 28.7 Å². The molecule has 0 aliphatic heterocycles. The Hall–Kier alpha value is -4.81. The monoisotopic (exact) mass is 424 g/mol. The summed E-state index contributed by atoms with van der Waals surface area (Å²) in [5.41, 5.74) is 10.8. The van der Waals surface area contributed by atoms with Crippen LogP contribution in [0.25, 0.3) is 0 Å². The summed E-state index contributed by atoms with van der Waals surface area (Å²) >= 11 is 0. The van der Waals surface area contributed by atoms with Gasteiger partial charge in [-0.15, -0.1) is 0 Å². The van der Waals surface area contributed by atoms with Gasteiger partial charge >= 0.3 is 5.69 Å². The lowest BCUT2D eigenvalue weighted by atomic mass is 10.1. The molecule has 1 aromatic heterocycles. The molecule has 1 amide bonds. The summed E-state index contributed by atoms with van der Waals surface area (Å²) in [5, 5.41) is 22.2. The topological polar surface area (TPSA) is 177 Å². The molecule has 13 heteroatoms. The standard InChI is InChI=1S/C18H16N8O5/c27-15(10-12-6-8-14(9-7-12)25(28)29)22-24-18-16(26(30)31)17(19-11-20-18)23-21-13-4-2-1-3-5-13/h1-9,11,21H,10H2,(H,22,27)(H2,19,20,23,24). The first kappa shape index (κ1) is 20.9. The number of amides is 1. The zero-order valence-electron chi connectivity index (χ0n) is 15.8. The number of non-ortho nitro benzene ring substituents is 1. The molecule has 0 bridgehead atoms. The highest BCUT2D eigenvalue weighted by Gasteiger charge is 2.23. The van der Waals surface area contributed by atoms with Crippen molar-refractivity contribution in [1.29, 1.82) is 0 Å². The van der Waals surface area contributed by atoms with Crippen LogP contribution in [0.3, 0.4) is 0 Å². The number of nitrogens with one attached hydrogen (secondary N) is 4. The van der Waals surface area contributed by atoms with Crippen molar-refractivity contribution in [1.82, 2.24) is 15.4 Å². The summed E-state index contributed by atoms with van der Waals surface area (Å²) in [5.74, 6) is -0.871. The molecule has 0 unspecified atom stereocenters. The molecular formula is C18H16N8O5. The largest absolute Gasteiger partial charge is 0.356 e. The summed E-state index contributed by atoms with van der Waals surface area (Å²) in [6.07, 6.45) is 0.984. The van der Waals surface area contributed by atoms with Crippen molar-refractivity contribution in [2.45, 2.75) is 6.42 Å². The Bertz CT molecular complexity index is 1090. The van der Waals surface area contributed by atoms with Gasteiger partial charge in [0.2, 0.25) is 17.5 Å². The van der Waals surface area contributed by atoms with Gasteiger partial charge in [0.05, 0.1) is 22.0 Å². The SMILES string of the molecule is O=C(Cc1ccc([N+](=O)[O-])cc1)NNc1ncnc(NNc2ccccc2)c1[N+](=O)[O-]. The van der Waals surface area contributed by atoms with E-state index in [1.165, 1.54) is 24.3 Å². The van der Waals surface area contributed by atoms with Gasteiger partial charge in [0.1, 0.15) is 6.33 Å². The molecule has 4 N–H and O–H groups in total. The number of nitrogens with zero attached hydrogens (tertiary/aromatic N) is 4. The van der Waals surface area contributed by atoms with Gasteiger partial charge in [-0.25, -0.2) is 9.97 Å². The van der Waals surface area contributed by atoms with E-state index < -0.39 is 21.4 Å². The fourth-order valence-electron chi connectivity index (χ4n) is 2.48. The number of hydrazine groups is 2. The highest BCUT2D eigenvalue weighted by atomic mass is 16.6. The van der Waals surface area contributed by atoms with Crippen molar-refractivity contribution >= 4 is 34.6 Å². The van der Waals surface area contributed by atoms with Crippen LogP contribution in [0, 0.1) is 20.2 Å². The minimum atomic E-state index is -0.695. The van der Waals surface area contributed by atoms with Gasteiger partial charge in [0.15, 0.2) is 0 Å². The van der Waals surface area contributed by atoms with Crippen LogP contribution in [0.1, 0.15) is 5.56 Å². The van der Waals surface area contributed by atoms with Crippen molar-refractivity contribution in [2.24, 2.45) is 0 Å². The maximum atomic E-state index is 12.1. The van der Waals surface area contributed by atoms with Crippen molar-refractivity contribution in [2.75, 3.05) is 16.3 Å². The number of hydrogen-bond acceptors (Lipinski definition) is 10. The molecule has 3 aromatic rings. The maximum Gasteiger partial charge on any atom is 0.356 e. The number of hydrogen-bond donors (Lipinski definition) is 4. The molecule has 0 atom stereocenters. The van der Waals surface area contributed by atoms with Crippen LogP contribution in [0.2, 0.25) is 0 Å².